The number of aryl methyl sites for hydroxylation is 1. The number of amides is 1. The van der Waals surface area contributed by atoms with Crippen LogP contribution >= 0.6 is 11.3 Å². The molecular weight excluding hydrogens is 352 g/mol. The molecule has 0 N–H and O–H groups in total. The average molecular weight is 385 g/mol. The Kier molecular flexibility index (Phi) is 3.93. The SMILES string of the molecule is Cc1nc([C@H]2CC[C@H]3C4CC[C@H]5N(C)C(=O)C=C[C@]5(C)C4CC[C@]23C)cs1. The third kappa shape index (κ3) is 2.38. The molecule has 3 fully saturated rings. The molecule has 1 aromatic heterocycles. The van der Waals surface area contributed by atoms with E-state index >= 15 is 0 Å². The second-order valence-corrected chi connectivity index (χ2v) is 11.1. The summed E-state index contributed by atoms with van der Waals surface area (Å²) in [4.78, 5) is 19.1. The number of carbonyl (C=O) groups excluding carboxylic acids is 1. The van der Waals surface area contributed by atoms with Gasteiger partial charge in [0.2, 0.25) is 5.91 Å². The van der Waals surface area contributed by atoms with Gasteiger partial charge in [-0.1, -0.05) is 19.9 Å². The number of nitrogens with zero attached hydrogens (tertiary/aromatic N) is 2. The second kappa shape index (κ2) is 5.92. The fourth-order valence-electron chi connectivity index (χ4n) is 7.76. The first kappa shape index (κ1) is 17.9. The smallest absolute Gasteiger partial charge is 0.246 e. The lowest BCUT2D eigenvalue weighted by atomic mass is 9.47. The van der Waals surface area contributed by atoms with Gasteiger partial charge in [-0.15, -0.1) is 11.3 Å². The molecule has 0 saturated heterocycles. The van der Waals surface area contributed by atoms with Crippen LogP contribution in [0.1, 0.15) is 69.0 Å². The van der Waals surface area contributed by atoms with E-state index in [1.54, 1.807) is 0 Å². The number of carbonyl (C=O) groups is 1. The summed E-state index contributed by atoms with van der Waals surface area (Å²) in [6.45, 7) is 7.14. The van der Waals surface area contributed by atoms with Gasteiger partial charge in [0.1, 0.15) is 0 Å². The lowest BCUT2D eigenvalue weighted by Crippen LogP contribution is -2.59. The minimum Gasteiger partial charge on any atom is -0.338 e. The third-order valence-corrected chi connectivity index (χ3v) is 9.91. The number of rotatable bonds is 1. The van der Waals surface area contributed by atoms with Crippen molar-refractivity contribution in [2.24, 2.45) is 28.6 Å². The van der Waals surface area contributed by atoms with Crippen LogP contribution in [-0.2, 0) is 4.79 Å². The maximum Gasteiger partial charge on any atom is 0.246 e. The van der Waals surface area contributed by atoms with Crippen molar-refractivity contribution < 1.29 is 4.79 Å². The molecule has 146 valence electrons. The van der Waals surface area contributed by atoms with E-state index in [9.17, 15) is 4.79 Å². The number of hydrogen-bond acceptors (Lipinski definition) is 3. The third-order valence-electron chi connectivity index (χ3n) is 9.12. The second-order valence-electron chi connectivity index (χ2n) is 10.1. The van der Waals surface area contributed by atoms with Gasteiger partial charge in [-0.3, -0.25) is 4.79 Å². The molecule has 1 aromatic rings. The van der Waals surface area contributed by atoms with Crippen LogP contribution in [0.4, 0.5) is 0 Å². The Morgan fingerprint density at radius 3 is 2.70 bits per heavy atom. The number of fused-ring (bicyclic) bond motifs is 5. The van der Waals surface area contributed by atoms with Crippen LogP contribution in [0.15, 0.2) is 17.5 Å². The zero-order chi connectivity index (χ0) is 19.0. The van der Waals surface area contributed by atoms with Crippen molar-refractivity contribution in [2.45, 2.75) is 71.3 Å². The Balaban J connectivity index is 1.47. The molecule has 4 heteroatoms. The summed E-state index contributed by atoms with van der Waals surface area (Å²) in [5.41, 5.74) is 1.93. The fraction of sp³-hybridized carbons (Fsp3) is 0.739. The molecule has 0 radical (unpaired) electrons. The summed E-state index contributed by atoms with van der Waals surface area (Å²) in [6, 6.07) is 0.388. The van der Waals surface area contributed by atoms with Crippen LogP contribution in [-0.4, -0.2) is 28.9 Å². The Hall–Kier alpha value is -1.16. The van der Waals surface area contributed by atoms with Crippen molar-refractivity contribution >= 4 is 17.2 Å². The maximum atomic E-state index is 12.2. The molecule has 1 amide bonds. The van der Waals surface area contributed by atoms with Gasteiger partial charge >= 0.3 is 0 Å². The van der Waals surface area contributed by atoms with E-state index in [1.807, 2.05) is 29.4 Å². The van der Waals surface area contributed by atoms with Gasteiger partial charge in [0.15, 0.2) is 0 Å². The van der Waals surface area contributed by atoms with E-state index in [-0.39, 0.29) is 11.3 Å². The first-order chi connectivity index (χ1) is 12.8. The first-order valence-corrected chi connectivity index (χ1v) is 11.6. The van der Waals surface area contributed by atoms with E-state index in [2.05, 4.69) is 32.2 Å². The Morgan fingerprint density at radius 1 is 1.15 bits per heavy atom. The minimum absolute atomic E-state index is 0.155. The van der Waals surface area contributed by atoms with Gasteiger partial charge in [-0.25, -0.2) is 4.98 Å². The molecule has 7 atom stereocenters. The highest BCUT2D eigenvalue weighted by Crippen LogP contribution is 2.67. The lowest BCUT2D eigenvalue weighted by Gasteiger charge is -2.60. The van der Waals surface area contributed by atoms with E-state index in [0.29, 0.717) is 17.4 Å². The Labute approximate surface area is 167 Å². The number of aromatic nitrogens is 1. The van der Waals surface area contributed by atoms with E-state index in [4.69, 9.17) is 4.98 Å². The van der Waals surface area contributed by atoms with Crippen LogP contribution in [0.25, 0.3) is 0 Å². The topological polar surface area (TPSA) is 33.2 Å². The lowest BCUT2D eigenvalue weighted by molar-refractivity contribution is -0.138. The monoisotopic (exact) mass is 384 g/mol. The van der Waals surface area contributed by atoms with Gasteiger partial charge < -0.3 is 4.90 Å². The summed E-state index contributed by atoms with van der Waals surface area (Å²) >= 11 is 1.81. The zero-order valence-electron chi connectivity index (χ0n) is 17.1. The molecule has 4 aliphatic rings. The van der Waals surface area contributed by atoms with Crippen molar-refractivity contribution in [3.8, 4) is 0 Å². The quantitative estimate of drug-likeness (QED) is 0.669. The molecule has 0 spiro atoms. The predicted molar refractivity (Wildman–Crippen MR) is 110 cm³/mol. The standard InChI is InChI=1S/C23H32N2OS/c1-14-24-19(13-27-14)18-7-6-16-15-5-8-20-23(3,12-10-21(26)25(20)4)17(15)9-11-22(16,18)2/h10,12-13,15-18,20H,5-9,11H2,1-4H3/t15?,16-,17?,18+,20+,22-,23+/m0/s1. The van der Waals surface area contributed by atoms with E-state index in [0.717, 1.165) is 24.2 Å². The minimum atomic E-state index is 0.155. The summed E-state index contributed by atoms with van der Waals surface area (Å²) in [5.74, 6) is 3.18. The van der Waals surface area contributed by atoms with Crippen molar-refractivity contribution in [3.05, 3.63) is 28.2 Å². The van der Waals surface area contributed by atoms with Crippen LogP contribution in [0.3, 0.4) is 0 Å². The van der Waals surface area contributed by atoms with E-state index < -0.39 is 0 Å². The number of likely N-dealkylation sites (N-methyl/N-ethyl adjacent to an activating group) is 1. The summed E-state index contributed by atoms with van der Waals surface area (Å²) in [7, 11) is 2.01. The van der Waals surface area contributed by atoms with E-state index in [1.165, 1.54) is 42.8 Å². The number of thiazole rings is 1. The largest absolute Gasteiger partial charge is 0.338 e. The number of hydrogen-bond donors (Lipinski definition) is 0. The first-order valence-electron chi connectivity index (χ1n) is 10.7. The zero-order valence-corrected chi connectivity index (χ0v) is 17.9. The van der Waals surface area contributed by atoms with Crippen molar-refractivity contribution in [1.29, 1.82) is 0 Å². The molecule has 0 aromatic carbocycles. The fourth-order valence-corrected chi connectivity index (χ4v) is 8.43. The van der Waals surface area contributed by atoms with Crippen LogP contribution in [0.5, 0.6) is 0 Å². The molecule has 2 heterocycles. The molecule has 5 rings (SSSR count). The Bertz CT molecular complexity index is 800. The van der Waals surface area contributed by atoms with Gasteiger partial charge in [-0.05, 0) is 74.7 Å². The van der Waals surface area contributed by atoms with Crippen LogP contribution < -0.4 is 0 Å². The maximum absolute atomic E-state index is 12.2. The molecule has 3 saturated carbocycles. The molecule has 27 heavy (non-hydrogen) atoms. The van der Waals surface area contributed by atoms with Gasteiger partial charge in [0, 0.05) is 29.8 Å². The highest BCUT2D eigenvalue weighted by Gasteiger charge is 2.60. The summed E-state index contributed by atoms with van der Waals surface area (Å²) in [6.07, 6.45) is 11.9. The summed E-state index contributed by atoms with van der Waals surface area (Å²) < 4.78 is 0. The molecular formula is C23H32N2OS. The molecule has 0 bridgehead atoms. The highest BCUT2D eigenvalue weighted by atomic mass is 32.1. The normalized spacial score (nSPS) is 46.1. The van der Waals surface area contributed by atoms with Crippen molar-refractivity contribution in [3.63, 3.8) is 0 Å². The molecule has 1 aliphatic heterocycles. The predicted octanol–water partition coefficient (Wildman–Crippen LogP) is 5.17. The van der Waals surface area contributed by atoms with Crippen molar-refractivity contribution in [2.75, 3.05) is 7.05 Å². The van der Waals surface area contributed by atoms with Crippen LogP contribution in [0, 0.1) is 35.5 Å². The summed E-state index contributed by atoms with van der Waals surface area (Å²) in [5, 5.41) is 3.53. The molecule has 3 aliphatic carbocycles. The highest BCUT2D eigenvalue weighted by molar-refractivity contribution is 7.09. The average Bonchev–Trinajstić information content (AvgIpc) is 3.21. The van der Waals surface area contributed by atoms with Crippen LogP contribution in [0.2, 0.25) is 0 Å². The van der Waals surface area contributed by atoms with Crippen molar-refractivity contribution in [1.82, 2.24) is 9.88 Å². The Morgan fingerprint density at radius 2 is 1.96 bits per heavy atom. The molecule has 2 unspecified atom stereocenters. The van der Waals surface area contributed by atoms with Gasteiger partial charge in [0.05, 0.1) is 10.7 Å². The van der Waals surface area contributed by atoms with Gasteiger partial charge in [0.25, 0.3) is 0 Å². The van der Waals surface area contributed by atoms with Gasteiger partial charge in [-0.2, -0.15) is 0 Å². The molecule has 3 nitrogen and oxygen atoms in total.